The number of rotatable bonds is 5. The number of benzene rings is 1. The molecule has 0 spiro atoms. The van der Waals surface area contributed by atoms with Gasteiger partial charge in [-0.05, 0) is 57.2 Å². The van der Waals surface area contributed by atoms with Crippen LogP contribution in [0.25, 0.3) is 10.9 Å². The van der Waals surface area contributed by atoms with Crippen LogP contribution in [0.3, 0.4) is 0 Å². The van der Waals surface area contributed by atoms with E-state index in [-0.39, 0.29) is 11.5 Å². The van der Waals surface area contributed by atoms with E-state index < -0.39 is 5.25 Å². The Bertz CT molecular complexity index is 1240. The third-order valence-electron chi connectivity index (χ3n) is 5.56. The Labute approximate surface area is 189 Å². The van der Waals surface area contributed by atoms with Crippen LogP contribution in [0.15, 0.2) is 34.2 Å². The minimum absolute atomic E-state index is 0.100. The Morgan fingerprint density at radius 3 is 2.87 bits per heavy atom. The number of thiophene rings is 1. The van der Waals surface area contributed by atoms with E-state index in [0.29, 0.717) is 33.2 Å². The van der Waals surface area contributed by atoms with Crippen LogP contribution in [0.4, 0.5) is 5.00 Å². The zero-order valence-electron chi connectivity index (χ0n) is 17.6. The van der Waals surface area contributed by atoms with E-state index in [1.807, 2.05) is 25.1 Å². The van der Waals surface area contributed by atoms with Crippen LogP contribution in [-0.2, 0) is 24.2 Å². The van der Waals surface area contributed by atoms with Crippen molar-refractivity contribution < 1.29 is 4.79 Å². The number of hydrogen-bond acceptors (Lipinski definition) is 6. The molecule has 1 N–H and O–H groups in total. The monoisotopic (exact) mass is 452 g/mol. The quantitative estimate of drug-likeness (QED) is 0.343. The van der Waals surface area contributed by atoms with Crippen molar-refractivity contribution in [2.24, 2.45) is 0 Å². The molecule has 2 heterocycles. The first-order chi connectivity index (χ1) is 15.0. The van der Waals surface area contributed by atoms with Crippen molar-refractivity contribution in [3.63, 3.8) is 0 Å². The number of aryl methyl sites for hydroxylation is 1. The molecule has 8 heteroatoms. The lowest BCUT2D eigenvalue weighted by molar-refractivity contribution is -0.115. The fraction of sp³-hybridized carbons (Fsp3) is 0.391. The molecule has 1 aliphatic rings. The van der Waals surface area contributed by atoms with Gasteiger partial charge in [0.15, 0.2) is 5.16 Å². The Hall–Kier alpha value is -2.63. The number of amides is 1. The van der Waals surface area contributed by atoms with Gasteiger partial charge >= 0.3 is 0 Å². The van der Waals surface area contributed by atoms with Gasteiger partial charge < -0.3 is 5.32 Å². The third kappa shape index (κ3) is 4.25. The highest BCUT2D eigenvalue weighted by Gasteiger charge is 2.24. The summed E-state index contributed by atoms with van der Waals surface area (Å²) in [6.45, 7) is 4.17. The predicted octanol–water partition coefficient (Wildman–Crippen LogP) is 4.74. The zero-order valence-corrected chi connectivity index (χ0v) is 19.2. The molecule has 0 aliphatic heterocycles. The molecule has 4 rings (SSSR count). The average molecular weight is 453 g/mol. The SMILES string of the molecule is CCn1c(SC(C)C(=O)Nc2sc3c(c2C#N)CCCCC3)nc2ccccc2c1=O. The number of para-hydroxylation sites is 1. The molecule has 3 aromatic rings. The molecule has 0 fully saturated rings. The zero-order chi connectivity index (χ0) is 22.0. The Morgan fingerprint density at radius 1 is 1.32 bits per heavy atom. The lowest BCUT2D eigenvalue weighted by Gasteiger charge is -2.15. The molecule has 1 amide bonds. The number of aromatic nitrogens is 2. The van der Waals surface area contributed by atoms with Crippen molar-refractivity contribution in [1.29, 1.82) is 5.26 Å². The first-order valence-corrected chi connectivity index (χ1v) is 12.2. The number of hydrogen-bond donors (Lipinski definition) is 1. The van der Waals surface area contributed by atoms with Gasteiger partial charge in [0, 0.05) is 11.4 Å². The normalized spacial score (nSPS) is 14.5. The van der Waals surface area contributed by atoms with Gasteiger partial charge in [-0.25, -0.2) is 4.98 Å². The van der Waals surface area contributed by atoms with Crippen LogP contribution in [0.2, 0.25) is 0 Å². The lowest BCUT2D eigenvalue weighted by atomic mass is 10.1. The van der Waals surface area contributed by atoms with E-state index in [1.54, 1.807) is 17.6 Å². The standard InChI is InChI=1S/C23H24N4O2S2/c1-3-27-22(29)16-10-7-8-11-18(16)25-23(27)30-14(2)20(28)26-21-17(13-24)15-9-5-4-6-12-19(15)31-21/h7-8,10-11,14H,3-6,9,12H2,1-2H3,(H,26,28). The summed E-state index contributed by atoms with van der Waals surface area (Å²) in [4.78, 5) is 31.6. The number of fused-ring (bicyclic) bond motifs is 2. The van der Waals surface area contributed by atoms with Crippen molar-refractivity contribution >= 4 is 44.9 Å². The Kier molecular flexibility index (Phi) is 6.44. The molecule has 0 saturated heterocycles. The molecule has 6 nitrogen and oxygen atoms in total. The highest BCUT2D eigenvalue weighted by molar-refractivity contribution is 8.00. The summed E-state index contributed by atoms with van der Waals surface area (Å²) in [6.07, 6.45) is 5.26. The first-order valence-electron chi connectivity index (χ1n) is 10.5. The minimum atomic E-state index is -0.473. The van der Waals surface area contributed by atoms with Crippen LogP contribution in [-0.4, -0.2) is 20.7 Å². The molecular weight excluding hydrogens is 428 g/mol. The number of carbonyl (C=O) groups excluding carboxylic acids is 1. The maximum Gasteiger partial charge on any atom is 0.262 e. The number of nitrogens with one attached hydrogen (secondary N) is 1. The van der Waals surface area contributed by atoms with Crippen LogP contribution in [0.1, 0.15) is 49.1 Å². The van der Waals surface area contributed by atoms with Gasteiger partial charge in [0.25, 0.3) is 5.56 Å². The molecule has 160 valence electrons. The van der Waals surface area contributed by atoms with Gasteiger partial charge in [0.05, 0.1) is 21.7 Å². The average Bonchev–Trinajstić information content (AvgIpc) is 2.92. The molecule has 0 saturated carbocycles. The van der Waals surface area contributed by atoms with Crippen molar-refractivity contribution in [2.45, 2.75) is 62.9 Å². The second-order valence-electron chi connectivity index (χ2n) is 7.59. The summed E-state index contributed by atoms with van der Waals surface area (Å²) in [5.41, 5.74) is 2.25. The summed E-state index contributed by atoms with van der Waals surface area (Å²) < 4.78 is 1.60. The summed E-state index contributed by atoms with van der Waals surface area (Å²) in [5.74, 6) is -0.192. The highest BCUT2D eigenvalue weighted by Crippen LogP contribution is 2.37. The molecule has 0 bridgehead atoms. The Morgan fingerprint density at radius 2 is 2.10 bits per heavy atom. The maximum atomic E-state index is 13.0. The van der Waals surface area contributed by atoms with E-state index in [9.17, 15) is 14.9 Å². The second kappa shape index (κ2) is 9.25. The lowest BCUT2D eigenvalue weighted by Crippen LogP contribution is -2.26. The van der Waals surface area contributed by atoms with Crippen molar-refractivity contribution in [3.8, 4) is 6.07 Å². The summed E-state index contributed by atoms with van der Waals surface area (Å²) in [5, 5.41) is 13.9. The topological polar surface area (TPSA) is 87.8 Å². The van der Waals surface area contributed by atoms with Gasteiger partial charge in [-0.15, -0.1) is 11.3 Å². The van der Waals surface area contributed by atoms with Gasteiger partial charge in [-0.1, -0.05) is 30.3 Å². The number of anilines is 1. The van der Waals surface area contributed by atoms with Gasteiger partial charge in [0.1, 0.15) is 11.1 Å². The van der Waals surface area contributed by atoms with E-state index >= 15 is 0 Å². The molecule has 1 aliphatic carbocycles. The van der Waals surface area contributed by atoms with Crippen molar-refractivity contribution in [3.05, 3.63) is 50.6 Å². The van der Waals surface area contributed by atoms with Crippen LogP contribution >= 0.6 is 23.1 Å². The van der Waals surface area contributed by atoms with E-state index in [4.69, 9.17) is 0 Å². The summed E-state index contributed by atoms with van der Waals surface area (Å²) in [7, 11) is 0. The number of carbonyl (C=O) groups is 1. The number of nitriles is 1. The minimum Gasteiger partial charge on any atom is -0.316 e. The molecule has 1 unspecified atom stereocenters. The maximum absolute atomic E-state index is 13.0. The molecule has 31 heavy (non-hydrogen) atoms. The molecular formula is C23H24N4O2S2. The highest BCUT2D eigenvalue weighted by atomic mass is 32.2. The summed E-state index contributed by atoms with van der Waals surface area (Å²) in [6, 6.07) is 9.55. The molecule has 2 aromatic heterocycles. The first kappa shape index (κ1) is 21.6. The number of nitrogens with zero attached hydrogens (tertiary/aromatic N) is 3. The fourth-order valence-electron chi connectivity index (χ4n) is 3.89. The fourth-order valence-corrected chi connectivity index (χ4v) is 6.11. The Balaban J connectivity index is 1.58. The predicted molar refractivity (Wildman–Crippen MR) is 126 cm³/mol. The van der Waals surface area contributed by atoms with Crippen LogP contribution in [0.5, 0.6) is 0 Å². The van der Waals surface area contributed by atoms with Crippen LogP contribution < -0.4 is 10.9 Å². The van der Waals surface area contributed by atoms with Crippen molar-refractivity contribution in [1.82, 2.24) is 9.55 Å². The van der Waals surface area contributed by atoms with Gasteiger partial charge in [0.2, 0.25) is 5.91 Å². The molecule has 1 atom stereocenters. The molecule has 0 radical (unpaired) electrons. The van der Waals surface area contributed by atoms with E-state index in [0.717, 1.165) is 31.2 Å². The van der Waals surface area contributed by atoms with Crippen LogP contribution in [0, 0.1) is 11.3 Å². The van der Waals surface area contributed by atoms with E-state index in [2.05, 4.69) is 16.4 Å². The summed E-state index contributed by atoms with van der Waals surface area (Å²) >= 11 is 2.79. The smallest absolute Gasteiger partial charge is 0.262 e. The van der Waals surface area contributed by atoms with Gasteiger partial charge in [-0.2, -0.15) is 5.26 Å². The third-order valence-corrected chi connectivity index (χ3v) is 7.86. The van der Waals surface area contributed by atoms with E-state index in [1.165, 1.54) is 34.4 Å². The van der Waals surface area contributed by atoms with Crippen molar-refractivity contribution in [2.75, 3.05) is 5.32 Å². The molecule has 1 aromatic carbocycles. The van der Waals surface area contributed by atoms with Gasteiger partial charge in [-0.3, -0.25) is 14.2 Å². The second-order valence-corrected chi connectivity index (χ2v) is 10.0. The largest absolute Gasteiger partial charge is 0.316 e. The number of thioether (sulfide) groups is 1.